The van der Waals surface area contributed by atoms with Crippen LogP contribution in [0, 0.1) is 12.8 Å². The summed E-state index contributed by atoms with van der Waals surface area (Å²) in [5, 5.41) is 0. The summed E-state index contributed by atoms with van der Waals surface area (Å²) in [6.07, 6.45) is 4.31. The van der Waals surface area contributed by atoms with Gasteiger partial charge in [-0.05, 0) is 12.8 Å². The summed E-state index contributed by atoms with van der Waals surface area (Å²) in [7, 11) is 0. The van der Waals surface area contributed by atoms with Crippen LogP contribution in [0.3, 0.4) is 0 Å². The molecule has 3 nitrogen and oxygen atoms in total. The van der Waals surface area contributed by atoms with E-state index in [0.29, 0.717) is 18.8 Å². The van der Waals surface area contributed by atoms with E-state index in [1.807, 2.05) is 20.8 Å². The molecule has 1 heterocycles. The SMILES string of the molecule is Cc1nccnc1CC(=O)CC(C)C. The van der Waals surface area contributed by atoms with Gasteiger partial charge in [-0.1, -0.05) is 13.8 Å². The molecule has 0 spiro atoms. The topological polar surface area (TPSA) is 42.9 Å². The Labute approximate surface area is 84.6 Å². The molecule has 0 bridgehead atoms. The molecule has 0 atom stereocenters. The lowest BCUT2D eigenvalue weighted by molar-refractivity contribution is -0.119. The summed E-state index contributed by atoms with van der Waals surface area (Å²) in [5.74, 6) is 0.656. The Morgan fingerprint density at radius 3 is 2.57 bits per heavy atom. The van der Waals surface area contributed by atoms with Crippen molar-refractivity contribution >= 4 is 5.78 Å². The van der Waals surface area contributed by atoms with E-state index >= 15 is 0 Å². The summed E-state index contributed by atoms with van der Waals surface area (Å²) in [4.78, 5) is 19.7. The molecular formula is C11H16N2O. The molecule has 1 aromatic heterocycles. The fraction of sp³-hybridized carbons (Fsp3) is 0.545. The summed E-state index contributed by atoms with van der Waals surface area (Å²) in [6.45, 7) is 5.97. The number of Topliss-reactive ketones (excluding diaryl/α,β-unsaturated/α-hetero) is 1. The number of nitrogens with zero attached hydrogens (tertiary/aromatic N) is 2. The lowest BCUT2D eigenvalue weighted by atomic mass is 10.0. The average Bonchev–Trinajstić information content (AvgIpc) is 2.07. The van der Waals surface area contributed by atoms with Crippen LogP contribution in [0.5, 0.6) is 0 Å². The number of carbonyl (C=O) groups excluding carboxylic acids is 1. The van der Waals surface area contributed by atoms with Gasteiger partial charge in [-0.3, -0.25) is 14.8 Å². The minimum Gasteiger partial charge on any atom is -0.299 e. The Bertz CT molecular complexity index is 321. The number of rotatable bonds is 4. The maximum atomic E-state index is 11.5. The minimum absolute atomic E-state index is 0.239. The highest BCUT2D eigenvalue weighted by Crippen LogP contribution is 2.06. The third-order valence-electron chi connectivity index (χ3n) is 1.98. The van der Waals surface area contributed by atoms with Gasteiger partial charge < -0.3 is 0 Å². The maximum absolute atomic E-state index is 11.5. The smallest absolute Gasteiger partial charge is 0.139 e. The fourth-order valence-electron chi connectivity index (χ4n) is 1.32. The molecule has 0 aliphatic carbocycles. The van der Waals surface area contributed by atoms with Crippen molar-refractivity contribution in [1.29, 1.82) is 0 Å². The van der Waals surface area contributed by atoms with Crippen molar-refractivity contribution in [2.45, 2.75) is 33.6 Å². The Morgan fingerprint density at radius 1 is 1.36 bits per heavy atom. The molecule has 0 fully saturated rings. The first-order valence-electron chi connectivity index (χ1n) is 4.87. The van der Waals surface area contributed by atoms with Gasteiger partial charge in [0.25, 0.3) is 0 Å². The highest BCUT2D eigenvalue weighted by Gasteiger charge is 2.09. The number of carbonyl (C=O) groups is 1. The third-order valence-corrected chi connectivity index (χ3v) is 1.98. The van der Waals surface area contributed by atoms with Crippen molar-refractivity contribution in [2.24, 2.45) is 5.92 Å². The van der Waals surface area contributed by atoms with Crippen molar-refractivity contribution in [3.63, 3.8) is 0 Å². The van der Waals surface area contributed by atoms with E-state index in [1.165, 1.54) is 0 Å². The zero-order chi connectivity index (χ0) is 10.6. The molecule has 1 aromatic rings. The van der Waals surface area contributed by atoms with Gasteiger partial charge in [-0.2, -0.15) is 0 Å². The van der Waals surface area contributed by atoms with Gasteiger partial charge in [-0.25, -0.2) is 0 Å². The quantitative estimate of drug-likeness (QED) is 0.732. The number of aryl methyl sites for hydroxylation is 1. The number of hydrogen-bond donors (Lipinski definition) is 0. The molecular weight excluding hydrogens is 176 g/mol. The normalized spacial score (nSPS) is 10.6. The van der Waals surface area contributed by atoms with Gasteiger partial charge in [0.05, 0.1) is 17.8 Å². The van der Waals surface area contributed by atoms with E-state index in [2.05, 4.69) is 9.97 Å². The Kier molecular flexibility index (Phi) is 3.74. The summed E-state index contributed by atoms with van der Waals surface area (Å²) in [6, 6.07) is 0. The van der Waals surface area contributed by atoms with Crippen LogP contribution in [0.2, 0.25) is 0 Å². The molecule has 76 valence electrons. The second kappa shape index (κ2) is 4.84. The standard InChI is InChI=1S/C11H16N2O/c1-8(2)6-10(14)7-11-9(3)12-4-5-13-11/h4-5,8H,6-7H2,1-3H3. The van der Waals surface area contributed by atoms with Crippen LogP contribution in [-0.2, 0) is 11.2 Å². The fourth-order valence-corrected chi connectivity index (χ4v) is 1.32. The summed E-state index contributed by atoms with van der Waals surface area (Å²) < 4.78 is 0. The first-order chi connectivity index (χ1) is 6.59. The van der Waals surface area contributed by atoms with Crippen LogP contribution in [0.25, 0.3) is 0 Å². The van der Waals surface area contributed by atoms with Crippen molar-refractivity contribution in [3.8, 4) is 0 Å². The van der Waals surface area contributed by atoms with Crippen LogP contribution in [0.4, 0.5) is 0 Å². The van der Waals surface area contributed by atoms with E-state index < -0.39 is 0 Å². The van der Waals surface area contributed by atoms with Gasteiger partial charge in [0.15, 0.2) is 0 Å². The highest BCUT2D eigenvalue weighted by atomic mass is 16.1. The Hall–Kier alpha value is -1.25. The van der Waals surface area contributed by atoms with Crippen molar-refractivity contribution in [1.82, 2.24) is 9.97 Å². The molecule has 14 heavy (non-hydrogen) atoms. The Balaban J connectivity index is 2.61. The van der Waals surface area contributed by atoms with Crippen LogP contribution in [0.15, 0.2) is 12.4 Å². The monoisotopic (exact) mass is 192 g/mol. The zero-order valence-electron chi connectivity index (χ0n) is 8.95. The molecule has 3 heteroatoms. The maximum Gasteiger partial charge on any atom is 0.139 e. The van der Waals surface area contributed by atoms with E-state index in [-0.39, 0.29) is 5.78 Å². The first-order valence-corrected chi connectivity index (χ1v) is 4.87. The second-order valence-electron chi connectivity index (χ2n) is 3.90. The van der Waals surface area contributed by atoms with Gasteiger partial charge in [0.1, 0.15) is 5.78 Å². The van der Waals surface area contributed by atoms with Gasteiger partial charge in [0, 0.05) is 18.8 Å². The highest BCUT2D eigenvalue weighted by molar-refractivity contribution is 5.80. The second-order valence-corrected chi connectivity index (χ2v) is 3.90. The zero-order valence-corrected chi connectivity index (χ0v) is 8.95. The van der Waals surface area contributed by atoms with Gasteiger partial charge in [0.2, 0.25) is 0 Å². The summed E-state index contributed by atoms with van der Waals surface area (Å²) in [5.41, 5.74) is 1.66. The number of hydrogen-bond acceptors (Lipinski definition) is 3. The van der Waals surface area contributed by atoms with Gasteiger partial charge >= 0.3 is 0 Å². The Morgan fingerprint density at radius 2 is 2.00 bits per heavy atom. The first kappa shape index (κ1) is 10.8. The molecule has 0 unspecified atom stereocenters. The molecule has 0 aromatic carbocycles. The van der Waals surface area contributed by atoms with Crippen LogP contribution >= 0.6 is 0 Å². The van der Waals surface area contributed by atoms with Crippen LogP contribution < -0.4 is 0 Å². The van der Waals surface area contributed by atoms with E-state index in [9.17, 15) is 4.79 Å². The molecule has 0 amide bonds. The molecule has 0 aliphatic rings. The minimum atomic E-state index is 0.239. The molecule has 0 N–H and O–H groups in total. The number of ketones is 1. The summed E-state index contributed by atoms with van der Waals surface area (Å²) >= 11 is 0. The predicted molar refractivity (Wildman–Crippen MR) is 54.9 cm³/mol. The van der Waals surface area contributed by atoms with E-state index in [4.69, 9.17) is 0 Å². The molecule has 0 saturated carbocycles. The van der Waals surface area contributed by atoms with Crippen LogP contribution in [0.1, 0.15) is 31.7 Å². The lowest BCUT2D eigenvalue weighted by Crippen LogP contribution is -2.09. The van der Waals surface area contributed by atoms with Crippen molar-refractivity contribution < 1.29 is 4.79 Å². The molecule has 1 rings (SSSR count). The average molecular weight is 192 g/mol. The van der Waals surface area contributed by atoms with Crippen molar-refractivity contribution in [3.05, 3.63) is 23.8 Å². The van der Waals surface area contributed by atoms with Crippen LogP contribution in [-0.4, -0.2) is 15.8 Å². The molecule has 0 saturated heterocycles. The largest absolute Gasteiger partial charge is 0.299 e. The van der Waals surface area contributed by atoms with Crippen molar-refractivity contribution in [2.75, 3.05) is 0 Å². The lowest BCUT2D eigenvalue weighted by Gasteiger charge is -2.04. The molecule has 0 aliphatic heterocycles. The molecule has 0 radical (unpaired) electrons. The van der Waals surface area contributed by atoms with E-state index in [0.717, 1.165) is 11.4 Å². The van der Waals surface area contributed by atoms with E-state index in [1.54, 1.807) is 12.4 Å². The third kappa shape index (κ3) is 3.24. The predicted octanol–water partition coefficient (Wildman–Crippen LogP) is 1.94. The number of aromatic nitrogens is 2. The van der Waals surface area contributed by atoms with Gasteiger partial charge in [-0.15, -0.1) is 0 Å².